The molecular formula is C13H13N7. The molecule has 0 radical (unpaired) electrons. The van der Waals surface area contributed by atoms with E-state index in [0.29, 0.717) is 5.65 Å². The molecule has 0 saturated carbocycles. The maximum atomic E-state index is 5.67. The molecule has 100 valence electrons. The fourth-order valence-electron chi connectivity index (χ4n) is 2.59. The lowest BCUT2D eigenvalue weighted by Gasteiger charge is -2.28. The zero-order valence-electron chi connectivity index (χ0n) is 10.8. The summed E-state index contributed by atoms with van der Waals surface area (Å²) >= 11 is 0. The molecule has 7 heteroatoms. The smallest absolute Gasteiger partial charge is 0.240 e. The van der Waals surface area contributed by atoms with Crippen molar-refractivity contribution in [1.29, 1.82) is 0 Å². The monoisotopic (exact) mass is 267 g/mol. The first-order chi connectivity index (χ1) is 9.81. The summed E-state index contributed by atoms with van der Waals surface area (Å²) in [5.41, 5.74) is 8.75. The lowest BCUT2D eigenvalue weighted by atomic mass is 10.1. The molecular weight excluding hydrogens is 254 g/mol. The minimum Gasteiger partial charge on any atom is -0.366 e. The average Bonchev–Trinajstić information content (AvgIpc) is 2.86. The van der Waals surface area contributed by atoms with Crippen LogP contribution < -0.4 is 10.6 Å². The number of anilines is 2. The minimum absolute atomic E-state index is 0.262. The highest BCUT2D eigenvalue weighted by Gasteiger charge is 2.21. The van der Waals surface area contributed by atoms with E-state index in [1.165, 1.54) is 5.56 Å². The summed E-state index contributed by atoms with van der Waals surface area (Å²) in [6, 6.07) is 4.07. The number of hydrogen-bond donors (Lipinski definition) is 1. The molecule has 0 aromatic carbocycles. The quantitative estimate of drug-likeness (QED) is 0.697. The van der Waals surface area contributed by atoms with Gasteiger partial charge in [0.05, 0.1) is 0 Å². The fourth-order valence-corrected chi connectivity index (χ4v) is 2.59. The highest BCUT2D eigenvalue weighted by molar-refractivity contribution is 5.65. The van der Waals surface area contributed by atoms with Gasteiger partial charge in [-0.25, -0.2) is 9.50 Å². The molecule has 1 aliphatic heterocycles. The normalized spacial score (nSPS) is 14.5. The van der Waals surface area contributed by atoms with Crippen molar-refractivity contribution in [3.63, 3.8) is 0 Å². The van der Waals surface area contributed by atoms with E-state index in [4.69, 9.17) is 5.73 Å². The molecule has 0 unspecified atom stereocenters. The predicted octanol–water partition coefficient (Wildman–Crippen LogP) is 0.664. The molecule has 4 heterocycles. The van der Waals surface area contributed by atoms with Crippen LogP contribution >= 0.6 is 0 Å². The van der Waals surface area contributed by atoms with Crippen molar-refractivity contribution < 1.29 is 0 Å². The first kappa shape index (κ1) is 11.2. The Balaban J connectivity index is 1.78. The van der Waals surface area contributed by atoms with E-state index < -0.39 is 0 Å². The molecule has 0 saturated heterocycles. The Labute approximate surface area is 115 Å². The Morgan fingerprint density at radius 3 is 3.10 bits per heavy atom. The van der Waals surface area contributed by atoms with Crippen LogP contribution in [-0.2, 0) is 13.0 Å². The van der Waals surface area contributed by atoms with Crippen molar-refractivity contribution in [2.45, 2.75) is 13.0 Å². The number of rotatable bonds is 1. The van der Waals surface area contributed by atoms with Crippen LogP contribution in [0.5, 0.6) is 0 Å². The summed E-state index contributed by atoms with van der Waals surface area (Å²) in [5.74, 6) is 1.07. The number of hydrogen-bond acceptors (Lipinski definition) is 6. The van der Waals surface area contributed by atoms with E-state index in [1.54, 1.807) is 16.9 Å². The molecule has 0 bridgehead atoms. The standard InChI is InChI=1S/C13H13N7/c14-13-17-12-11(16-5-7-20(12)18-13)19-6-3-10-9(8-19)2-1-4-15-10/h1-2,4-5,7H,3,6,8H2,(H2,14,18). The third kappa shape index (κ3) is 1.67. The first-order valence-corrected chi connectivity index (χ1v) is 6.46. The molecule has 1 aliphatic rings. The summed E-state index contributed by atoms with van der Waals surface area (Å²) in [6.45, 7) is 1.64. The largest absolute Gasteiger partial charge is 0.366 e. The third-order valence-corrected chi connectivity index (χ3v) is 3.52. The van der Waals surface area contributed by atoms with E-state index in [2.05, 4.69) is 31.0 Å². The number of nitrogens with zero attached hydrogens (tertiary/aromatic N) is 6. The van der Waals surface area contributed by atoms with Gasteiger partial charge in [-0.05, 0) is 11.6 Å². The minimum atomic E-state index is 0.262. The average molecular weight is 267 g/mol. The molecule has 0 aliphatic carbocycles. The van der Waals surface area contributed by atoms with Gasteiger partial charge < -0.3 is 10.6 Å². The van der Waals surface area contributed by atoms with Gasteiger partial charge in [-0.1, -0.05) is 6.07 Å². The van der Waals surface area contributed by atoms with Crippen molar-refractivity contribution in [1.82, 2.24) is 24.6 Å². The van der Waals surface area contributed by atoms with Gasteiger partial charge in [0.1, 0.15) is 0 Å². The zero-order valence-corrected chi connectivity index (χ0v) is 10.8. The summed E-state index contributed by atoms with van der Waals surface area (Å²) in [4.78, 5) is 15.3. The van der Waals surface area contributed by atoms with Crippen LogP contribution in [0.2, 0.25) is 0 Å². The highest BCUT2D eigenvalue weighted by Crippen LogP contribution is 2.24. The van der Waals surface area contributed by atoms with E-state index >= 15 is 0 Å². The lowest BCUT2D eigenvalue weighted by Crippen LogP contribution is -2.32. The van der Waals surface area contributed by atoms with Crippen molar-refractivity contribution in [2.24, 2.45) is 0 Å². The van der Waals surface area contributed by atoms with Crippen LogP contribution in [0, 0.1) is 0 Å². The number of nitrogen functional groups attached to an aromatic ring is 1. The Morgan fingerprint density at radius 1 is 1.20 bits per heavy atom. The van der Waals surface area contributed by atoms with Gasteiger partial charge in [0.15, 0.2) is 11.5 Å². The van der Waals surface area contributed by atoms with Gasteiger partial charge in [0.25, 0.3) is 0 Å². The number of nitrogens with two attached hydrogens (primary N) is 1. The topological polar surface area (TPSA) is 85.2 Å². The maximum Gasteiger partial charge on any atom is 0.240 e. The van der Waals surface area contributed by atoms with Crippen LogP contribution in [0.25, 0.3) is 5.65 Å². The summed E-state index contributed by atoms with van der Waals surface area (Å²) in [6.07, 6.45) is 6.21. The number of aromatic nitrogens is 5. The van der Waals surface area contributed by atoms with Gasteiger partial charge in [0.2, 0.25) is 5.95 Å². The van der Waals surface area contributed by atoms with E-state index in [0.717, 1.165) is 31.0 Å². The van der Waals surface area contributed by atoms with E-state index in [-0.39, 0.29) is 5.95 Å². The molecule has 0 amide bonds. The van der Waals surface area contributed by atoms with Crippen LogP contribution in [0.4, 0.5) is 11.8 Å². The molecule has 3 aromatic heterocycles. The summed E-state index contributed by atoms with van der Waals surface area (Å²) < 4.78 is 1.66. The molecule has 0 fully saturated rings. The molecule has 7 nitrogen and oxygen atoms in total. The molecule has 20 heavy (non-hydrogen) atoms. The Morgan fingerprint density at radius 2 is 2.15 bits per heavy atom. The molecule has 4 rings (SSSR count). The lowest BCUT2D eigenvalue weighted by molar-refractivity contribution is 0.701. The number of pyridine rings is 1. The Bertz CT molecular complexity index is 779. The van der Waals surface area contributed by atoms with Crippen LogP contribution in [0.3, 0.4) is 0 Å². The third-order valence-electron chi connectivity index (χ3n) is 3.52. The zero-order chi connectivity index (χ0) is 13.5. The predicted molar refractivity (Wildman–Crippen MR) is 74.2 cm³/mol. The second-order valence-corrected chi connectivity index (χ2v) is 4.77. The first-order valence-electron chi connectivity index (χ1n) is 6.46. The van der Waals surface area contributed by atoms with Gasteiger partial charge in [-0.3, -0.25) is 4.98 Å². The van der Waals surface area contributed by atoms with Crippen molar-refractivity contribution in [2.75, 3.05) is 17.2 Å². The molecule has 2 N–H and O–H groups in total. The van der Waals surface area contributed by atoms with Crippen molar-refractivity contribution >= 4 is 17.4 Å². The van der Waals surface area contributed by atoms with E-state index in [9.17, 15) is 0 Å². The maximum absolute atomic E-state index is 5.67. The van der Waals surface area contributed by atoms with Crippen LogP contribution in [0.15, 0.2) is 30.7 Å². The summed E-state index contributed by atoms with van der Waals surface area (Å²) in [7, 11) is 0. The SMILES string of the molecule is Nc1nc2c(N3CCc4ncccc4C3)nccn2n1. The molecule has 0 atom stereocenters. The second-order valence-electron chi connectivity index (χ2n) is 4.77. The van der Waals surface area contributed by atoms with Crippen LogP contribution in [-0.4, -0.2) is 31.1 Å². The van der Waals surface area contributed by atoms with E-state index in [1.807, 2.05) is 12.3 Å². The van der Waals surface area contributed by atoms with Gasteiger partial charge in [-0.15, -0.1) is 5.10 Å². The highest BCUT2D eigenvalue weighted by atomic mass is 15.4. The van der Waals surface area contributed by atoms with Crippen LogP contribution in [0.1, 0.15) is 11.3 Å². The molecule has 3 aromatic rings. The van der Waals surface area contributed by atoms with Crippen molar-refractivity contribution in [3.8, 4) is 0 Å². The Hall–Kier alpha value is -2.70. The van der Waals surface area contributed by atoms with Gasteiger partial charge in [0, 0.05) is 43.8 Å². The van der Waals surface area contributed by atoms with Gasteiger partial charge >= 0.3 is 0 Å². The van der Waals surface area contributed by atoms with Gasteiger partial charge in [-0.2, -0.15) is 4.98 Å². The fraction of sp³-hybridized carbons (Fsp3) is 0.231. The summed E-state index contributed by atoms with van der Waals surface area (Å²) in [5, 5.41) is 4.12. The number of fused-ring (bicyclic) bond motifs is 2. The molecule has 0 spiro atoms. The van der Waals surface area contributed by atoms with Crippen molar-refractivity contribution in [3.05, 3.63) is 42.0 Å². The second kappa shape index (κ2) is 4.16. The Kier molecular flexibility index (Phi) is 2.32.